The summed E-state index contributed by atoms with van der Waals surface area (Å²) in [6.07, 6.45) is 0. The smallest absolute Gasteiger partial charge is 0.127 e. The van der Waals surface area contributed by atoms with Gasteiger partial charge in [-0.2, -0.15) is 0 Å². The Balaban J connectivity index is 1.53. The summed E-state index contributed by atoms with van der Waals surface area (Å²) in [6, 6.07) is 19.9. The van der Waals surface area contributed by atoms with Crippen LogP contribution in [0.5, 0.6) is 0 Å². The highest BCUT2D eigenvalue weighted by molar-refractivity contribution is 6.02. The van der Waals surface area contributed by atoms with Crippen molar-refractivity contribution in [1.29, 1.82) is 0 Å². The van der Waals surface area contributed by atoms with Gasteiger partial charge in [0.15, 0.2) is 0 Å². The first-order valence-electron chi connectivity index (χ1n) is 9.04. The third-order valence-electron chi connectivity index (χ3n) is 5.13. The Hall–Kier alpha value is -1.94. The molecule has 1 saturated heterocycles. The largest absolute Gasteiger partial charge is 0.370 e. The van der Waals surface area contributed by atoms with Crippen LogP contribution in [0.1, 0.15) is 5.56 Å². The number of nitrogens with two attached hydrogens (primary N) is 1. The summed E-state index contributed by atoms with van der Waals surface area (Å²) < 4.78 is 5.44. The van der Waals surface area contributed by atoms with Gasteiger partial charge in [0.05, 0.1) is 13.2 Å². The molecule has 0 atom stereocenters. The molecule has 3 nitrogen and oxygen atoms in total. The van der Waals surface area contributed by atoms with Crippen LogP contribution in [0.25, 0.3) is 21.5 Å². The van der Waals surface area contributed by atoms with Crippen molar-refractivity contribution in [2.45, 2.75) is 6.54 Å². The van der Waals surface area contributed by atoms with Crippen LogP contribution in [0.2, 0.25) is 0 Å². The van der Waals surface area contributed by atoms with E-state index in [0.29, 0.717) is 0 Å². The first kappa shape index (κ1) is 15.6. The zero-order chi connectivity index (χ0) is 16.2. The Morgan fingerprint density at radius 1 is 0.875 bits per heavy atom. The van der Waals surface area contributed by atoms with Gasteiger partial charge in [-0.15, -0.1) is 0 Å². The zero-order valence-corrected chi connectivity index (χ0v) is 14.1. The van der Waals surface area contributed by atoms with Crippen molar-refractivity contribution in [2.24, 2.45) is 0 Å². The Morgan fingerprint density at radius 2 is 1.50 bits per heavy atom. The lowest BCUT2D eigenvalue weighted by atomic mass is 9.97. The van der Waals surface area contributed by atoms with Crippen LogP contribution in [0.3, 0.4) is 0 Å². The molecule has 0 amide bonds. The fraction of sp³-hybridized carbons (Fsp3) is 0.333. The van der Waals surface area contributed by atoms with Gasteiger partial charge in [-0.1, -0.05) is 48.5 Å². The van der Waals surface area contributed by atoms with Crippen LogP contribution in [-0.4, -0.2) is 39.4 Å². The van der Waals surface area contributed by atoms with Gasteiger partial charge in [0.2, 0.25) is 0 Å². The average molecular weight is 322 g/mol. The van der Waals surface area contributed by atoms with E-state index in [2.05, 4.69) is 59.9 Å². The van der Waals surface area contributed by atoms with Crippen molar-refractivity contribution < 1.29 is 15.0 Å². The standard InChI is InChI=1S/C21H24N2O/c1-3-7-19-17(5-1)15-18-6-2-4-8-20(18)21(19)16-22-9-10-23-11-13-24-14-12-23/h1-8,15,22H,9-14,16H2/p+2. The number of benzene rings is 3. The Bertz CT molecular complexity index is 770. The summed E-state index contributed by atoms with van der Waals surface area (Å²) >= 11 is 0. The maximum atomic E-state index is 5.44. The molecule has 1 aliphatic heterocycles. The lowest BCUT2D eigenvalue weighted by Crippen LogP contribution is -3.16. The molecular formula is C21H26N2O+2. The van der Waals surface area contributed by atoms with E-state index in [-0.39, 0.29) is 0 Å². The van der Waals surface area contributed by atoms with Crippen molar-refractivity contribution in [1.82, 2.24) is 0 Å². The molecule has 0 unspecified atom stereocenters. The summed E-state index contributed by atoms with van der Waals surface area (Å²) in [5.41, 5.74) is 1.47. The second kappa shape index (κ2) is 7.31. The summed E-state index contributed by atoms with van der Waals surface area (Å²) in [5.74, 6) is 0. The molecule has 24 heavy (non-hydrogen) atoms. The molecule has 3 aromatic rings. The fourth-order valence-corrected chi connectivity index (χ4v) is 3.79. The van der Waals surface area contributed by atoms with Gasteiger partial charge in [0, 0.05) is 5.56 Å². The number of fused-ring (bicyclic) bond motifs is 2. The number of nitrogens with one attached hydrogen (secondary N) is 1. The lowest BCUT2D eigenvalue weighted by molar-refractivity contribution is -0.920. The highest BCUT2D eigenvalue weighted by Gasteiger charge is 2.14. The number of rotatable bonds is 5. The van der Waals surface area contributed by atoms with E-state index in [1.165, 1.54) is 40.2 Å². The van der Waals surface area contributed by atoms with Crippen LogP contribution < -0.4 is 10.2 Å². The minimum atomic E-state index is 0.920. The van der Waals surface area contributed by atoms with Crippen LogP contribution in [0, 0.1) is 0 Å². The molecule has 124 valence electrons. The topological polar surface area (TPSA) is 30.3 Å². The van der Waals surface area contributed by atoms with E-state index in [1.54, 1.807) is 4.90 Å². The van der Waals surface area contributed by atoms with Gasteiger partial charge in [0.25, 0.3) is 0 Å². The third kappa shape index (κ3) is 3.29. The second-order valence-electron chi connectivity index (χ2n) is 6.69. The van der Waals surface area contributed by atoms with Crippen molar-refractivity contribution in [2.75, 3.05) is 39.4 Å². The summed E-state index contributed by atoms with van der Waals surface area (Å²) in [4.78, 5) is 1.68. The first-order valence-corrected chi connectivity index (χ1v) is 9.04. The molecule has 1 heterocycles. The van der Waals surface area contributed by atoms with Crippen LogP contribution in [0.4, 0.5) is 0 Å². The van der Waals surface area contributed by atoms with Gasteiger partial charge >= 0.3 is 0 Å². The molecule has 1 fully saturated rings. The molecule has 0 bridgehead atoms. The Kier molecular flexibility index (Phi) is 4.74. The molecule has 0 radical (unpaired) electrons. The molecule has 0 spiro atoms. The monoisotopic (exact) mass is 322 g/mol. The van der Waals surface area contributed by atoms with E-state index in [4.69, 9.17) is 4.74 Å². The van der Waals surface area contributed by atoms with Gasteiger partial charge in [0.1, 0.15) is 32.7 Å². The van der Waals surface area contributed by atoms with E-state index in [0.717, 1.165) is 32.8 Å². The minimum absolute atomic E-state index is 0.920. The molecule has 0 aliphatic carbocycles. The minimum Gasteiger partial charge on any atom is -0.370 e. The van der Waals surface area contributed by atoms with Gasteiger partial charge in [-0.3, -0.25) is 0 Å². The fourth-order valence-electron chi connectivity index (χ4n) is 3.79. The van der Waals surface area contributed by atoms with Crippen molar-refractivity contribution >= 4 is 21.5 Å². The Morgan fingerprint density at radius 3 is 2.17 bits per heavy atom. The number of quaternary nitrogens is 2. The molecule has 3 heteroatoms. The van der Waals surface area contributed by atoms with Crippen molar-refractivity contribution in [3.8, 4) is 0 Å². The van der Waals surface area contributed by atoms with Crippen LogP contribution in [0.15, 0.2) is 54.6 Å². The summed E-state index contributed by atoms with van der Waals surface area (Å²) in [7, 11) is 0. The third-order valence-corrected chi connectivity index (χ3v) is 5.13. The van der Waals surface area contributed by atoms with Gasteiger partial charge in [-0.25, -0.2) is 0 Å². The molecule has 1 aliphatic rings. The molecule has 0 aromatic heterocycles. The maximum Gasteiger partial charge on any atom is 0.127 e. The quantitative estimate of drug-likeness (QED) is 0.532. The number of hydrogen-bond donors (Lipinski definition) is 2. The molecule has 3 aromatic carbocycles. The van der Waals surface area contributed by atoms with Crippen molar-refractivity contribution in [3.05, 3.63) is 60.2 Å². The normalized spacial score (nSPS) is 16.0. The SMILES string of the molecule is c1ccc2c(C[NH2+]CC[NH+]3CCOCC3)c3ccccc3cc2c1. The van der Waals surface area contributed by atoms with E-state index in [1.807, 2.05) is 0 Å². The maximum absolute atomic E-state index is 5.44. The molecule has 4 rings (SSSR count). The van der Waals surface area contributed by atoms with Gasteiger partial charge in [-0.05, 0) is 27.6 Å². The van der Waals surface area contributed by atoms with E-state index in [9.17, 15) is 0 Å². The van der Waals surface area contributed by atoms with Crippen LogP contribution in [-0.2, 0) is 11.3 Å². The molecule has 0 saturated carbocycles. The van der Waals surface area contributed by atoms with E-state index < -0.39 is 0 Å². The summed E-state index contributed by atoms with van der Waals surface area (Å²) in [5, 5.41) is 7.95. The highest BCUT2D eigenvalue weighted by atomic mass is 16.5. The van der Waals surface area contributed by atoms with Crippen LogP contribution >= 0.6 is 0 Å². The molecule has 3 N–H and O–H groups in total. The van der Waals surface area contributed by atoms with E-state index >= 15 is 0 Å². The predicted octanol–water partition coefficient (Wildman–Crippen LogP) is 0.972. The Labute approximate surface area is 143 Å². The number of ether oxygens (including phenoxy) is 1. The zero-order valence-electron chi connectivity index (χ0n) is 14.1. The number of hydrogen-bond acceptors (Lipinski definition) is 1. The van der Waals surface area contributed by atoms with Crippen molar-refractivity contribution in [3.63, 3.8) is 0 Å². The number of morpholine rings is 1. The molecular weight excluding hydrogens is 296 g/mol. The highest BCUT2D eigenvalue weighted by Crippen LogP contribution is 2.27. The van der Waals surface area contributed by atoms with Gasteiger partial charge < -0.3 is 15.0 Å². The second-order valence-corrected chi connectivity index (χ2v) is 6.69. The lowest BCUT2D eigenvalue weighted by Gasteiger charge is -2.23. The predicted molar refractivity (Wildman–Crippen MR) is 98.3 cm³/mol. The average Bonchev–Trinajstić information content (AvgIpc) is 2.65. The summed E-state index contributed by atoms with van der Waals surface area (Å²) in [6.45, 7) is 7.60. The first-order chi connectivity index (χ1) is 11.9.